The van der Waals surface area contributed by atoms with Crippen LogP contribution in [0.1, 0.15) is 31.5 Å². The SMILES string of the molecule is Cc1nc(CN(CC(=O)O)C(C)(C)C)cs1. The molecule has 1 rings (SSSR count). The van der Waals surface area contributed by atoms with E-state index in [0.29, 0.717) is 6.54 Å². The Balaban J connectivity index is 2.74. The van der Waals surface area contributed by atoms with Crippen LogP contribution in [-0.4, -0.2) is 33.0 Å². The van der Waals surface area contributed by atoms with Crippen LogP contribution in [0.4, 0.5) is 0 Å². The van der Waals surface area contributed by atoms with Gasteiger partial charge in [0.25, 0.3) is 0 Å². The molecule has 4 nitrogen and oxygen atoms in total. The first-order chi connectivity index (χ1) is 7.29. The summed E-state index contributed by atoms with van der Waals surface area (Å²) in [5.41, 5.74) is 0.772. The van der Waals surface area contributed by atoms with Crippen LogP contribution in [0.3, 0.4) is 0 Å². The molecule has 1 N–H and O–H groups in total. The first-order valence-corrected chi connectivity index (χ1v) is 6.05. The van der Waals surface area contributed by atoms with Gasteiger partial charge in [0.15, 0.2) is 0 Å². The normalized spacial score (nSPS) is 12.1. The molecule has 16 heavy (non-hydrogen) atoms. The third-order valence-electron chi connectivity index (χ3n) is 2.29. The molecule has 0 unspecified atom stereocenters. The molecule has 1 aromatic heterocycles. The van der Waals surface area contributed by atoms with Crippen molar-refractivity contribution in [2.24, 2.45) is 0 Å². The zero-order valence-electron chi connectivity index (χ0n) is 10.1. The Bertz CT molecular complexity index is 368. The van der Waals surface area contributed by atoms with Crippen LogP contribution in [0.15, 0.2) is 5.38 Å². The minimum absolute atomic E-state index is 0.0417. The summed E-state index contributed by atoms with van der Waals surface area (Å²) in [6, 6.07) is 0. The molecule has 0 spiro atoms. The monoisotopic (exact) mass is 242 g/mol. The second-order valence-corrected chi connectivity index (χ2v) is 5.84. The van der Waals surface area contributed by atoms with Crippen molar-refractivity contribution in [2.45, 2.75) is 39.8 Å². The fourth-order valence-corrected chi connectivity index (χ4v) is 1.97. The lowest BCUT2D eigenvalue weighted by Crippen LogP contribution is -2.43. The molecule has 0 aromatic carbocycles. The van der Waals surface area contributed by atoms with Gasteiger partial charge >= 0.3 is 5.97 Å². The maximum Gasteiger partial charge on any atom is 0.317 e. The summed E-state index contributed by atoms with van der Waals surface area (Å²) in [6.45, 7) is 8.60. The van der Waals surface area contributed by atoms with Crippen molar-refractivity contribution in [1.29, 1.82) is 0 Å². The van der Waals surface area contributed by atoms with E-state index in [2.05, 4.69) is 4.98 Å². The lowest BCUT2D eigenvalue weighted by Gasteiger charge is -2.33. The van der Waals surface area contributed by atoms with Gasteiger partial charge in [-0.05, 0) is 27.7 Å². The number of aromatic nitrogens is 1. The minimum atomic E-state index is -0.804. The van der Waals surface area contributed by atoms with Gasteiger partial charge in [-0.2, -0.15) is 0 Å². The summed E-state index contributed by atoms with van der Waals surface area (Å²) in [6.07, 6.45) is 0. The van der Waals surface area contributed by atoms with Crippen LogP contribution in [0.25, 0.3) is 0 Å². The van der Waals surface area contributed by atoms with E-state index in [0.717, 1.165) is 10.7 Å². The lowest BCUT2D eigenvalue weighted by atomic mass is 10.1. The number of nitrogens with zero attached hydrogens (tertiary/aromatic N) is 2. The molecular formula is C11H18N2O2S. The number of carbonyl (C=O) groups is 1. The summed E-state index contributed by atoms with van der Waals surface area (Å²) in [5.74, 6) is -0.804. The van der Waals surface area contributed by atoms with Gasteiger partial charge in [-0.15, -0.1) is 11.3 Å². The number of hydrogen-bond donors (Lipinski definition) is 1. The third-order valence-corrected chi connectivity index (χ3v) is 3.12. The van der Waals surface area contributed by atoms with E-state index in [4.69, 9.17) is 5.11 Å². The van der Waals surface area contributed by atoms with E-state index in [-0.39, 0.29) is 12.1 Å². The van der Waals surface area contributed by atoms with Gasteiger partial charge < -0.3 is 5.11 Å². The Morgan fingerprint density at radius 2 is 2.19 bits per heavy atom. The number of aliphatic carboxylic acids is 1. The first kappa shape index (κ1) is 13.1. The number of rotatable bonds is 4. The summed E-state index contributed by atoms with van der Waals surface area (Å²) in [7, 11) is 0. The lowest BCUT2D eigenvalue weighted by molar-refractivity contribution is -0.139. The Labute approximate surface area is 99.9 Å². The highest BCUT2D eigenvalue weighted by molar-refractivity contribution is 7.09. The number of thiazole rings is 1. The van der Waals surface area contributed by atoms with Gasteiger partial charge in [-0.25, -0.2) is 4.98 Å². The van der Waals surface area contributed by atoms with E-state index in [1.165, 1.54) is 0 Å². The van der Waals surface area contributed by atoms with E-state index in [9.17, 15) is 4.79 Å². The van der Waals surface area contributed by atoms with Crippen LogP contribution < -0.4 is 0 Å². The molecule has 0 amide bonds. The molecule has 0 saturated carbocycles. The second kappa shape index (κ2) is 4.93. The first-order valence-electron chi connectivity index (χ1n) is 5.17. The molecule has 0 atom stereocenters. The largest absolute Gasteiger partial charge is 0.480 e. The zero-order chi connectivity index (χ0) is 12.3. The van der Waals surface area contributed by atoms with E-state index >= 15 is 0 Å². The van der Waals surface area contributed by atoms with Crippen molar-refractivity contribution in [2.75, 3.05) is 6.54 Å². The number of hydrogen-bond acceptors (Lipinski definition) is 4. The molecule has 90 valence electrons. The van der Waals surface area contributed by atoms with E-state index in [1.807, 2.05) is 38.0 Å². The molecule has 0 radical (unpaired) electrons. The molecule has 0 aliphatic carbocycles. The van der Waals surface area contributed by atoms with Crippen LogP contribution in [0.5, 0.6) is 0 Å². The topological polar surface area (TPSA) is 53.4 Å². The third kappa shape index (κ3) is 3.90. The average Bonchev–Trinajstić information content (AvgIpc) is 2.47. The van der Waals surface area contributed by atoms with Crippen LogP contribution >= 0.6 is 11.3 Å². The van der Waals surface area contributed by atoms with Gasteiger partial charge in [0.05, 0.1) is 17.2 Å². The van der Waals surface area contributed by atoms with Crippen molar-refractivity contribution in [3.63, 3.8) is 0 Å². The fraction of sp³-hybridized carbons (Fsp3) is 0.636. The molecule has 0 aliphatic heterocycles. The highest BCUT2D eigenvalue weighted by Gasteiger charge is 2.24. The van der Waals surface area contributed by atoms with Crippen molar-refractivity contribution in [1.82, 2.24) is 9.88 Å². The Morgan fingerprint density at radius 1 is 1.56 bits per heavy atom. The summed E-state index contributed by atoms with van der Waals surface area (Å²) in [5, 5.41) is 11.9. The van der Waals surface area contributed by atoms with Crippen LogP contribution in [0.2, 0.25) is 0 Å². The smallest absolute Gasteiger partial charge is 0.317 e. The maximum atomic E-state index is 10.8. The number of aryl methyl sites for hydroxylation is 1. The van der Waals surface area contributed by atoms with Crippen molar-refractivity contribution in [3.8, 4) is 0 Å². The molecule has 0 bridgehead atoms. The van der Waals surface area contributed by atoms with Gasteiger partial charge in [-0.1, -0.05) is 0 Å². The molecule has 1 heterocycles. The fourth-order valence-electron chi connectivity index (χ4n) is 1.37. The second-order valence-electron chi connectivity index (χ2n) is 4.78. The molecule has 0 aliphatic rings. The average molecular weight is 242 g/mol. The molecule has 0 saturated heterocycles. The predicted octanol–water partition coefficient (Wildman–Crippen LogP) is 2.14. The standard InChI is InChI=1S/C11H18N2O2S/c1-8-12-9(7-16-8)5-13(6-10(14)15)11(2,3)4/h7H,5-6H2,1-4H3,(H,14,15). The van der Waals surface area contributed by atoms with Gasteiger partial charge in [0.1, 0.15) is 0 Å². The summed E-state index contributed by atoms with van der Waals surface area (Å²) in [4.78, 5) is 17.1. The molecular weight excluding hydrogens is 224 g/mol. The quantitative estimate of drug-likeness (QED) is 0.879. The molecule has 0 fully saturated rings. The van der Waals surface area contributed by atoms with Gasteiger partial charge in [0.2, 0.25) is 0 Å². The van der Waals surface area contributed by atoms with Crippen molar-refractivity contribution in [3.05, 3.63) is 16.1 Å². The van der Waals surface area contributed by atoms with Crippen molar-refractivity contribution >= 4 is 17.3 Å². The maximum absolute atomic E-state index is 10.8. The van der Waals surface area contributed by atoms with Crippen LogP contribution in [0, 0.1) is 6.92 Å². The Morgan fingerprint density at radius 3 is 2.56 bits per heavy atom. The Hall–Kier alpha value is -0.940. The van der Waals surface area contributed by atoms with Crippen molar-refractivity contribution < 1.29 is 9.90 Å². The number of carboxylic acids is 1. The Kier molecular flexibility index (Phi) is 4.04. The molecule has 1 aromatic rings. The highest BCUT2D eigenvalue weighted by Crippen LogP contribution is 2.18. The van der Waals surface area contributed by atoms with E-state index < -0.39 is 5.97 Å². The number of carboxylic acid groups (broad SMARTS) is 1. The van der Waals surface area contributed by atoms with Gasteiger partial charge in [0, 0.05) is 17.5 Å². The highest BCUT2D eigenvalue weighted by atomic mass is 32.1. The zero-order valence-corrected chi connectivity index (χ0v) is 11.0. The minimum Gasteiger partial charge on any atom is -0.480 e. The van der Waals surface area contributed by atoms with Crippen LogP contribution in [-0.2, 0) is 11.3 Å². The summed E-state index contributed by atoms with van der Waals surface area (Å²) >= 11 is 1.59. The molecule has 5 heteroatoms. The van der Waals surface area contributed by atoms with Gasteiger partial charge in [-0.3, -0.25) is 9.69 Å². The van der Waals surface area contributed by atoms with E-state index in [1.54, 1.807) is 11.3 Å². The summed E-state index contributed by atoms with van der Waals surface area (Å²) < 4.78 is 0. The predicted molar refractivity (Wildman–Crippen MR) is 64.6 cm³/mol.